The summed E-state index contributed by atoms with van der Waals surface area (Å²) in [6.07, 6.45) is 6.25. The summed E-state index contributed by atoms with van der Waals surface area (Å²) in [7, 11) is 0. The van der Waals surface area contributed by atoms with E-state index in [2.05, 4.69) is 10.3 Å². The number of halogens is 1. The summed E-state index contributed by atoms with van der Waals surface area (Å²) in [4.78, 5) is 17.1. The Bertz CT molecular complexity index is 752. The van der Waals surface area contributed by atoms with Gasteiger partial charge in [-0.2, -0.15) is 0 Å². The van der Waals surface area contributed by atoms with Crippen molar-refractivity contribution in [2.24, 2.45) is 11.7 Å². The highest BCUT2D eigenvalue weighted by molar-refractivity contribution is 5.95. The fourth-order valence-corrected chi connectivity index (χ4v) is 3.55. The third-order valence-electron chi connectivity index (χ3n) is 5.17. The van der Waals surface area contributed by atoms with Crippen molar-refractivity contribution in [1.29, 1.82) is 0 Å². The van der Waals surface area contributed by atoms with E-state index in [0.717, 1.165) is 61.2 Å². The molecule has 0 radical (unpaired) electrons. The molecular formula is C18H24ClN3O2. The van der Waals surface area contributed by atoms with Crippen LogP contribution in [0.5, 0.6) is 0 Å². The normalized spacial score (nSPS) is 26.8. The van der Waals surface area contributed by atoms with Crippen molar-refractivity contribution in [3.05, 3.63) is 24.1 Å². The quantitative estimate of drug-likeness (QED) is 0.878. The topological polar surface area (TPSA) is 81.2 Å². The second-order valence-corrected chi connectivity index (χ2v) is 7.30. The Kier molecular flexibility index (Phi) is 4.58. The van der Waals surface area contributed by atoms with Gasteiger partial charge in [-0.25, -0.2) is 4.98 Å². The maximum Gasteiger partial charge on any atom is 0.229 e. The molecule has 0 bridgehead atoms. The van der Waals surface area contributed by atoms with Crippen LogP contribution in [-0.2, 0) is 4.79 Å². The lowest BCUT2D eigenvalue weighted by Crippen LogP contribution is -2.51. The van der Waals surface area contributed by atoms with E-state index in [1.165, 1.54) is 0 Å². The van der Waals surface area contributed by atoms with Gasteiger partial charge in [-0.15, -0.1) is 12.4 Å². The average molecular weight is 350 g/mol. The molecule has 1 amide bonds. The van der Waals surface area contributed by atoms with Gasteiger partial charge in [0.2, 0.25) is 5.91 Å². The molecule has 2 aliphatic carbocycles. The molecule has 2 aromatic rings. The van der Waals surface area contributed by atoms with Gasteiger partial charge < -0.3 is 15.5 Å². The summed E-state index contributed by atoms with van der Waals surface area (Å²) in [6.45, 7) is 1.99. The fraction of sp³-hybridized carbons (Fsp3) is 0.556. The van der Waals surface area contributed by atoms with Crippen LogP contribution in [0.15, 0.2) is 22.6 Å². The predicted molar refractivity (Wildman–Crippen MR) is 96.4 cm³/mol. The Morgan fingerprint density at radius 3 is 2.83 bits per heavy atom. The molecule has 4 rings (SSSR count). The first-order valence-electron chi connectivity index (χ1n) is 8.53. The lowest BCUT2D eigenvalue weighted by atomic mass is 9.74. The SMILES string of the molecule is CC1(N)CCCCC1C(=O)Nc1ccc2oc(C3CC3)nc2c1.Cl. The molecule has 130 valence electrons. The molecule has 2 atom stereocenters. The summed E-state index contributed by atoms with van der Waals surface area (Å²) < 4.78 is 5.76. The number of oxazole rings is 1. The largest absolute Gasteiger partial charge is 0.440 e. The number of nitrogens with one attached hydrogen (secondary N) is 1. The van der Waals surface area contributed by atoms with Gasteiger partial charge in [0.1, 0.15) is 5.52 Å². The molecule has 2 unspecified atom stereocenters. The van der Waals surface area contributed by atoms with Crippen LogP contribution >= 0.6 is 12.4 Å². The first-order chi connectivity index (χ1) is 11.0. The maximum absolute atomic E-state index is 12.6. The zero-order valence-electron chi connectivity index (χ0n) is 13.9. The zero-order valence-corrected chi connectivity index (χ0v) is 14.7. The molecular weight excluding hydrogens is 326 g/mol. The molecule has 5 nitrogen and oxygen atoms in total. The van der Waals surface area contributed by atoms with Gasteiger partial charge in [-0.05, 0) is 50.8 Å². The Hall–Kier alpha value is -1.59. The number of rotatable bonds is 3. The van der Waals surface area contributed by atoms with E-state index in [9.17, 15) is 4.79 Å². The van der Waals surface area contributed by atoms with Crippen LogP contribution in [0.3, 0.4) is 0 Å². The summed E-state index contributed by atoms with van der Waals surface area (Å²) in [6, 6.07) is 5.64. The Morgan fingerprint density at radius 1 is 1.33 bits per heavy atom. The second-order valence-electron chi connectivity index (χ2n) is 7.30. The van der Waals surface area contributed by atoms with Gasteiger partial charge in [0.15, 0.2) is 11.5 Å². The Balaban J connectivity index is 0.00000169. The van der Waals surface area contributed by atoms with E-state index in [-0.39, 0.29) is 24.2 Å². The number of anilines is 1. The van der Waals surface area contributed by atoms with Gasteiger partial charge in [0, 0.05) is 17.1 Å². The van der Waals surface area contributed by atoms with Crippen molar-refractivity contribution < 1.29 is 9.21 Å². The van der Waals surface area contributed by atoms with Gasteiger partial charge in [-0.3, -0.25) is 4.79 Å². The van der Waals surface area contributed by atoms with Gasteiger partial charge >= 0.3 is 0 Å². The number of nitrogens with two attached hydrogens (primary N) is 1. The standard InChI is InChI=1S/C18H23N3O2.ClH/c1-18(19)9-3-2-4-13(18)16(22)20-12-7-8-15-14(10-12)21-17(23-15)11-5-6-11;/h7-8,10-11,13H,2-6,9,19H2,1H3,(H,20,22);1H. The number of amides is 1. The molecule has 2 aliphatic rings. The number of carbonyl (C=O) groups is 1. The van der Waals surface area contributed by atoms with E-state index >= 15 is 0 Å². The van der Waals surface area contributed by atoms with E-state index in [4.69, 9.17) is 10.2 Å². The maximum atomic E-state index is 12.6. The molecule has 1 aromatic heterocycles. The van der Waals surface area contributed by atoms with E-state index in [1.807, 2.05) is 25.1 Å². The fourth-order valence-electron chi connectivity index (χ4n) is 3.55. The van der Waals surface area contributed by atoms with Crippen LogP contribution in [0.25, 0.3) is 11.1 Å². The number of nitrogens with zero attached hydrogens (tertiary/aromatic N) is 1. The third kappa shape index (κ3) is 3.28. The molecule has 0 saturated heterocycles. The molecule has 0 aliphatic heterocycles. The second kappa shape index (κ2) is 6.37. The monoisotopic (exact) mass is 349 g/mol. The molecule has 3 N–H and O–H groups in total. The number of benzene rings is 1. The average Bonchev–Trinajstić information content (AvgIpc) is 3.26. The third-order valence-corrected chi connectivity index (χ3v) is 5.17. The minimum atomic E-state index is -0.417. The molecule has 24 heavy (non-hydrogen) atoms. The van der Waals surface area contributed by atoms with Crippen LogP contribution in [-0.4, -0.2) is 16.4 Å². The summed E-state index contributed by atoms with van der Waals surface area (Å²) in [5.41, 5.74) is 8.26. The Labute approximate surface area is 147 Å². The highest BCUT2D eigenvalue weighted by Gasteiger charge is 2.37. The van der Waals surface area contributed by atoms with Crippen LogP contribution in [0.1, 0.15) is 57.3 Å². The highest BCUT2D eigenvalue weighted by Crippen LogP contribution is 2.40. The first kappa shape index (κ1) is 17.2. The van der Waals surface area contributed by atoms with E-state index in [0.29, 0.717) is 5.92 Å². The van der Waals surface area contributed by atoms with E-state index < -0.39 is 5.54 Å². The van der Waals surface area contributed by atoms with Gasteiger partial charge in [0.05, 0.1) is 5.92 Å². The molecule has 2 fully saturated rings. The minimum absolute atomic E-state index is 0. The van der Waals surface area contributed by atoms with E-state index in [1.54, 1.807) is 0 Å². The summed E-state index contributed by atoms with van der Waals surface area (Å²) in [5.74, 6) is 1.19. The zero-order chi connectivity index (χ0) is 16.0. The van der Waals surface area contributed by atoms with Crippen molar-refractivity contribution >= 4 is 35.1 Å². The lowest BCUT2D eigenvalue weighted by Gasteiger charge is -2.37. The van der Waals surface area contributed by atoms with Crippen molar-refractivity contribution in [1.82, 2.24) is 4.98 Å². The minimum Gasteiger partial charge on any atom is -0.440 e. The number of hydrogen-bond acceptors (Lipinski definition) is 4. The highest BCUT2D eigenvalue weighted by atomic mass is 35.5. The van der Waals surface area contributed by atoms with Crippen LogP contribution in [0.2, 0.25) is 0 Å². The first-order valence-corrected chi connectivity index (χ1v) is 8.53. The number of carbonyl (C=O) groups excluding carboxylic acids is 1. The van der Waals surface area contributed by atoms with Crippen molar-refractivity contribution in [2.75, 3.05) is 5.32 Å². The molecule has 1 heterocycles. The lowest BCUT2D eigenvalue weighted by molar-refractivity contribution is -0.122. The Morgan fingerprint density at radius 2 is 2.12 bits per heavy atom. The van der Waals surface area contributed by atoms with Gasteiger partial charge in [-0.1, -0.05) is 12.8 Å². The van der Waals surface area contributed by atoms with Crippen molar-refractivity contribution in [3.8, 4) is 0 Å². The molecule has 1 aromatic carbocycles. The van der Waals surface area contributed by atoms with Crippen LogP contribution < -0.4 is 11.1 Å². The summed E-state index contributed by atoms with van der Waals surface area (Å²) in [5, 5.41) is 3.01. The molecule has 0 spiro atoms. The van der Waals surface area contributed by atoms with Crippen LogP contribution in [0.4, 0.5) is 5.69 Å². The van der Waals surface area contributed by atoms with Gasteiger partial charge in [0.25, 0.3) is 0 Å². The number of hydrogen-bond donors (Lipinski definition) is 2. The van der Waals surface area contributed by atoms with Crippen LogP contribution in [0, 0.1) is 5.92 Å². The summed E-state index contributed by atoms with van der Waals surface area (Å²) >= 11 is 0. The smallest absolute Gasteiger partial charge is 0.229 e. The molecule has 6 heteroatoms. The number of fused-ring (bicyclic) bond motifs is 1. The van der Waals surface area contributed by atoms with Crippen molar-refractivity contribution in [3.63, 3.8) is 0 Å². The van der Waals surface area contributed by atoms with Crippen molar-refractivity contribution in [2.45, 2.75) is 56.9 Å². The predicted octanol–water partition coefficient (Wildman–Crippen LogP) is 3.97. The molecule has 2 saturated carbocycles. The number of aromatic nitrogens is 1.